The zero-order valence-corrected chi connectivity index (χ0v) is 22.1. The van der Waals surface area contributed by atoms with Gasteiger partial charge in [-0.3, -0.25) is 4.79 Å². The fraction of sp³-hybridized carbons (Fsp3) is 0.0968. The maximum Gasteiger partial charge on any atom is 0.266 e. The van der Waals surface area contributed by atoms with Crippen LogP contribution in [0.3, 0.4) is 0 Å². The molecule has 0 atom stereocenters. The van der Waals surface area contributed by atoms with Gasteiger partial charge >= 0.3 is 0 Å². The minimum absolute atomic E-state index is 0.0615. The molecule has 0 unspecified atom stereocenters. The van der Waals surface area contributed by atoms with Crippen LogP contribution in [0.1, 0.15) is 22.3 Å². The van der Waals surface area contributed by atoms with Crippen molar-refractivity contribution in [1.82, 2.24) is 0 Å². The lowest BCUT2D eigenvalue weighted by Gasteiger charge is -2.10. The van der Waals surface area contributed by atoms with E-state index in [1.54, 1.807) is 42.5 Å². The Labute approximate surface area is 231 Å². The van der Waals surface area contributed by atoms with Crippen molar-refractivity contribution < 1.29 is 14.3 Å². The standard InChI is InChI=1S/C31H24Cl2N2O3/c1-21-5-4-6-23(15-21)19-38-30-14-9-22(17-29(30)33)16-25(18-34)31(36)35-26-10-12-27(13-11-26)37-20-24-7-2-3-8-28(24)32/h2-17H,19-20H2,1H3,(H,35,36)/b25-16+. The number of ether oxygens (including phenoxy) is 2. The van der Waals surface area contributed by atoms with Gasteiger partial charge in [0, 0.05) is 16.3 Å². The monoisotopic (exact) mass is 542 g/mol. The Balaban J connectivity index is 1.36. The highest BCUT2D eigenvalue weighted by Crippen LogP contribution is 2.28. The van der Waals surface area contributed by atoms with E-state index in [0.29, 0.717) is 46.0 Å². The van der Waals surface area contributed by atoms with Crippen LogP contribution in [0.25, 0.3) is 6.08 Å². The molecule has 1 N–H and O–H groups in total. The van der Waals surface area contributed by atoms with Crippen LogP contribution in [0.4, 0.5) is 5.69 Å². The number of rotatable bonds is 9. The number of benzene rings is 4. The number of nitrogens with one attached hydrogen (secondary N) is 1. The van der Waals surface area contributed by atoms with Gasteiger partial charge in [-0.1, -0.05) is 77.3 Å². The number of hydrogen-bond donors (Lipinski definition) is 1. The molecule has 1 amide bonds. The van der Waals surface area contributed by atoms with Gasteiger partial charge in [0.25, 0.3) is 5.91 Å². The molecule has 0 saturated carbocycles. The third-order valence-electron chi connectivity index (χ3n) is 5.57. The van der Waals surface area contributed by atoms with E-state index in [0.717, 1.165) is 16.7 Å². The van der Waals surface area contributed by atoms with Crippen LogP contribution in [0.2, 0.25) is 10.0 Å². The average molecular weight is 543 g/mol. The SMILES string of the molecule is Cc1cccc(COc2ccc(/C=C(\C#N)C(=O)Nc3ccc(OCc4ccccc4Cl)cc3)cc2Cl)c1. The summed E-state index contributed by atoms with van der Waals surface area (Å²) in [7, 11) is 0. The van der Waals surface area contributed by atoms with E-state index < -0.39 is 5.91 Å². The van der Waals surface area contributed by atoms with Crippen molar-refractivity contribution in [3.8, 4) is 17.6 Å². The Morgan fingerprint density at radius 2 is 1.68 bits per heavy atom. The quantitative estimate of drug-likeness (QED) is 0.172. The number of anilines is 1. The molecule has 0 aliphatic heterocycles. The van der Waals surface area contributed by atoms with E-state index in [1.165, 1.54) is 6.08 Å². The molecule has 190 valence electrons. The fourth-order valence-electron chi connectivity index (χ4n) is 3.61. The first-order valence-corrected chi connectivity index (χ1v) is 12.5. The number of nitrogens with zero attached hydrogens (tertiary/aromatic N) is 1. The highest BCUT2D eigenvalue weighted by Gasteiger charge is 2.11. The summed E-state index contributed by atoms with van der Waals surface area (Å²) >= 11 is 12.6. The summed E-state index contributed by atoms with van der Waals surface area (Å²) in [6.45, 7) is 2.73. The number of halogens is 2. The molecule has 38 heavy (non-hydrogen) atoms. The zero-order chi connectivity index (χ0) is 26.9. The predicted octanol–water partition coefficient (Wildman–Crippen LogP) is 8.01. The smallest absolute Gasteiger partial charge is 0.266 e. The van der Waals surface area contributed by atoms with E-state index >= 15 is 0 Å². The van der Waals surface area contributed by atoms with Gasteiger partial charge in [-0.15, -0.1) is 0 Å². The van der Waals surface area contributed by atoms with Crippen LogP contribution in [-0.4, -0.2) is 5.91 Å². The van der Waals surface area contributed by atoms with Crippen LogP contribution in [0.15, 0.2) is 96.6 Å². The van der Waals surface area contributed by atoms with Gasteiger partial charge in [-0.25, -0.2) is 0 Å². The summed E-state index contributed by atoms with van der Waals surface area (Å²) in [5.41, 5.74) is 4.13. The van der Waals surface area contributed by atoms with Gasteiger partial charge in [0.15, 0.2) is 0 Å². The van der Waals surface area contributed by atoms with Gasteiger partial charge in [0.1, 0.15) is 36.4 Å². The molecule has 0 fully saturated rings. The highest BCUT2D eigenvalue weighted by atomic mass is 35.5. The van der Waals surface area contributed by atoms with Crippen LogP contribution in [0.5, 0.6) is 11.5 Å². The van der Waals surface area contributed by atoms with Crippen molar-refractivity contribution in [2.24, 2.45) is 0 Å². The summed E-state index contributed by atoms with van der Waals surface area (Å²) in [4.78, 5) is 12.7. The molecule has 4 aromatic rings. The maximum absolute atomic E-state index is 12.7. The second-order valence-electron chi connectivity index (χ2n) is 8.50. The number of amides is 1. The topological polar surface area (TPSA) is 71.3 Å². The second kappa shape index (κ2) is 12.8. The summed E-state index contributed by atoms with van der Waals surface area (Å²) in [6.07, 6.45) is 1.48. The fourth-order valence-corrected chi connectivity index (χ4v) is 4.05. The van der Waals surface area contributed by atoms with Gasteiger partial charge < -0.3 is 14.8 Å². The van der Waals surface area contributed by atoms with Gasteiger partial charge in [-0.05, 0) is 66.6 Å². The maximum atomic E-state index is 12.7. The molecule has 4 aromatic carbocycles. The molecule has 7 heteroatoms. The van der Waals surface area contributed by atoms with Gasteiger partial charge in [-0.2, -0.15) is 5.26 Å². The third kappa shape index (κ3) is 7.39. The van der Waals surface area contributed by atoms with Crippen molar-refractivity contribution in [2.75, 3.05) is 5.32 Å². The Kier molecular flexibility index (Phi) is 9.05. The van der Waals surface area contributed by atoms with E-state index in [4.69, 9.17) is 32.7 Å². The normalized spacial score (nSPS) is 10.9. The Morgan fingerprint density at radius 3 is 2.39 bits per heavy atom. The number of carbonyl (C=O) groups excluding carboxylic acids is 1. The third-order valence-corrected chi connectivity index (χ3v) is 6.24. The van der Waals surface area contributed by atoms with Crippen molar-refractivity contribution in [3.05, 3.63) is 129 Å². The molecular weight excluding hydrogens is 519 g/mol. The molecule has 5 nitrogen and oxygen atoms in total. The van der Waals surface area contributed by atoms with Crippen LogP contribution in [0, 0.1) is 18.3 Å². The molecule has 4 rings (SSSR count). The first kappa shape index (κ1) is 26.8. The van der Waals surface area contributed by atoms with Crippen molar-refractivity contribution in [2.45, 2.75) is 20.1 Å². The Hall–Kier alpha value is -4.24. The van der Waals surface area contributed by atoms with E-state index in [9.17, 15) is 10.1 Å². The number of aryl methyl sites for hydroxylation is 1. The van der Waals surface area contributed by atoms with Crippen LogP contribution >= 0.6 is 23.2 Å². The van der Waals surface area contributed by atoms with Crippen molar-refractivity contribution >= 4 is 40.9 Å². The van der Waals surface area contributed by atoms with Gasteiger partial charge in [0.2, 0.25) is 0 Å². The molecule has 0 radical (unpaired) electrons. The number of hydrogen-bond acceptors (Lipinski definition) is 4. The largest absolute Gasteiger partial charge is 0.489 e. The lowest BCUT2D eigenvalue weighted by molar-refractivity contribution is -0.112. The first-order valence-electron chi connectivity index (χ1n) is 11.8. The van der Waals surface area contributed by atoms with E-state index in [1.807, 2.05) is 61.5 Å². The molecule has 0 aliphatic carbocycles. The summed E-state index contributed by atoms with van der Waals surface area (Å²) < 4.78 is 11.6. The predicted molar refractivity (Wildman–Crippen MR) is 151 cm³/mol. The minimum atomic E-state index is -0.534. The Morgan fingerprint density at radius 1 is 0.895 bits per heavy atom. The lowest BCUT2D eigenvalue weighted by atomic mass is 10.1. The minimum Gasteiger partial charge on any atom is -0.489 e. The molecule has 0 aromatic heterocycles. The molecule has 0 aliphatic rings. The Bertz CT molecular complexity index is 1510. The average Bonchev–Trinajstić information content (AvgIpc) is 2.91. The zero-order valence-electron chi connectivity index (χ0n) is 20.6. The number of carbonyl (C=O) groups is 1. The summed E-state index contributed by atoms with van der Waals surface area (Å²) in [5.74, 6) is 0.608. The van der Waals surface area contributed by atoms with E-state index in [-0.39, 0.29) is 5.57 Å². The molecule has 0 spiro atoms. The van der Waals surface area contributed by atoms with Gasteiger partial charge in [0.05, 0.1) is 5.02 Å². The van der Waals surface area contributed by atoms with Crippen LogP contribution in [-0.2, 0) is 18.0 Å². The number of nitriles is 1. The lowest BCUT2D eigenvalue weighted by Crippen LogP contribution is -2.13. The molecular formula is C31H24Cl2N2O3. The second-order valence-corrected chi connectivity index (χ2v) is 9.31. The van der Waals surface area contributed by atoms with E-state index in [2.05, 4.69) is 5.32 Å². The molecule has 0 heterocycles. The highest BCUT2D eigenvalue weighted by molar-refractivity contribution is 6.32. The summed E-state index contributed by atoms with van der Waals surface area (Å²) in [5, 5.41) is 13.3. The van der Waals surface area contributed by atoms with Crippen molar-refractivity contribution in [1.29, 1.82) is 5.26 Å². The molecule has 0 saturated heterocycles. The summed E-state index contributed by atoms with van der Waals surface area (Å²) in [6, 6.07) is 29.4. The van der Waals surface area contributed by atoms with Crippen LogP contribution < -0.4 is 14.8 Å². The molecule has 0 bridgehead atoms. The van der Waals surface area contributed by atoms with Crippen molar-refractivity contribution in [3.63, 3.8) is 0 Å². The first-order chi connectivity index (χ1) is 18.4.